The maximum Gasteiger partial charge on any atom is 0.344 e. The molecule has 0 aliphatic heterocycles. The van der Waals surface area contributed by atoms with Gasteiger partial charge in [0.2, 0.25) is 0 Å². The van der Waals surface area contributed by atoms with Gasteiger partial charge in [-0.15, -0.1) is 0 Å². The molecule has 5 aromatic rings. The number of halogens is 1. The highest BCUT2D eigenvalue weighted by atomic mass is 35.5. The maximum absolute atomic E-state index is 12.8. The fourth-order valence-electron chi connectivity index (χ4n) is 3.86. The zero-order valence-electron chi connectivity index (χ0n) is 17.4. The van der Waals surface area contributed by atoms with Gasteiger partial charge in [-0.05, 0) is 47.5 Å². The summed E-state index contributed by atoms with van der Waals surface area (Å²) in [7, 11) is 3.94. The summed E-state index contributed by atoms with van der Waals surface area (Å²) in [6, 6.07) is 21.6. The molecule has 0 radical (unpaired) electrons. The molecule has 0 bridgehead atoms. The van der Waals surface area contributed by atoms with Crippen LogP contribution in [-0.2, 0) is 0 Å². The van der Waals surface area contributed by atoms with E-state index < -0.39 is 11.3 Å². The minimum Gasteiger partial charge on any atom is -0.422 e. The summed E-state index contributed by atoms with van der Waals surface area (Å²) in [5.74, 6) is 0. The van der Waals surface area contributed by atoms with Crippen LogP contribution < -0.4 is 16.2 Å². The Morgan fingerprint density at radius 3 is 2.31 bits per heavy atom. The molecule has 0 saturated carbocycles. The Hall–Kier alpha value is -3.83. The molecular formula is C26H18ClNO4. The molecule has 0 atom stereocenters. The summed E-state index contributed by atoms with van der Waals surface area (Å²) in [5.41, 5.74) is 3.21. The Labute approximate surface area is 188 Å². The molecule has 0 N–H and O–H groups in total. The predicted octanol–water partition coefficient (Wildman–Crippen LogP) is 5.95. The van der Waals surface area contributed by atoms with E-state index in [1.54, 1.807) is 30.3 Å². The van der Waals surface area contributed by atoms with Gasteiger partial charge in [-0.3, -0.25) is 0 Å². The normalized spacial score (nSPS) is 11.2. The number of para-hydroxylation sites is 1. The molecule has 0 amide bonds. The van der Waals surface area contributed by atoms with Crippen LogP contribution in [0.2, 0.25) is 5.02 Å². The molecule has 158 valence electrons. The summed E-state index contributed by atoms with van der Waals surface area (Å²) in [5, 5.41) is 1.94. The molecule has 0 saturated heterocycles. The predicted molar refractivity (Wildman–Crippen MR) is 129 cm³/mol. The Bertz CT molecular complexity index is 1600. The summed E-state index contributed by atoms with van der Waals surface area (Å²) in [4.78, 5) is 27.3. The number of rotatable bonds is 3. The van der Waals surface area contributed by atoms with Crippen LogP contribution in [0.5, 0.6) is 0 Å². The molecular weight excluding hydrogens is 426 g/mol. The van der Waals surface area contributed by atoms with Crippen LogP contribution in [0.15, 0.2) is 91.2 Å². The first-order chi connectivity index (χ1) is 15.4. The molecule has 5 rings (SSSR count). The molecule has 5 nitrogen and oxygen atoms in total. The molecule has 0 fully saturated rings. The Morgan fingerprint density at radius 1 is 0.781 bits per heavy atom. The highest BCUT2D eigenvalue weighted by Gasteiger charge is 2.16. The second-order valence-electron chi connectivity index (χ2n) is 7.73. The average molecular weight is 444 g/mol. The lowest BCUT2D eigenvalue weighted by Gasteiger charge is -2.13. The molecule has 6 heteroatoms. The molecule has 0 aliphatic carbocycles. The van der Waals surface area contributed by atoms with E-state index in [0.29, 0.717) is 32.7 Å². The largest absolute Gasteiger partial charge is 0.422 e. The van der Waals surface area contributed by atoms with E-state index in [0.717, 1.165) is 22.2 Å². The van der Waals surface area contributed by atoms with E-state index in [1.165, 1.54) is 6.07 Å². The molecule has 0 spiro atoms. The highest BCUT2D eigenvalue weighted by molar-refractivity contribution is 6.31. The van der Waals surface area contributed by atoms with Crippen LogP contribution >= 0.6 is 11.6 Å². The number of anilines is 1. The summed E-state index contributed by atoms with van der Waals surface area (Å²) >= 11 is 6.11. The lowest BCUT2D eigenvalue weighted by Crippen LogP contribution is -2.08. The van der Waals surface area contributed by atoms with E-state index in [4.69, 9.17) is 20.4 Å². The van der Waals surface area contributed by atoms with Gasteiger partial charge in [0, 0.05) is 47.2 Å². The van der Waals surface area contributed by atoms with E-state index in [1.807, 2.05) is 55.4 Å². The highest BCUT2D eigenvalue weighted by Crippen LogP contribution is 2.34. The third-order valence-electron chi connectivity index (χ3n) is 5.45. The van der Waals surface area contributed by atoms with Crippen LogP contribution in [0.3, 0.4) is 0 Å². The van der Waals surface area contributed by atoms with Crippen molar-refractivity contribution in [3.05, 3.63) is 98.7 Å². The molecule has 0 unspecified atom stereocenters. The molecule has 2 heterocycles. The Kier molecular flexibility index (Phi) is 4.83. The van der Waals surface area contributed by atoms with Crippen LogP contribution in [0.1, 0.15) is 0 Å². The van der Waals surface area contributed by atoms with E-state index in [-0.39, 0.29) is 0 Å². The Balaban J connectivity index is 1.76. The van der Waals surface area contributed by atoms with E-state index in [2.05, 4.69) is 0 Å². The van der Waals surface area contributed by atoms with E-state index in [9.17, 15) is 9.59 Å². The van der Waals surface area contributed by atoms with Crippen LogP contribution in [0, 0.1) is 0 Å². The van der Waals surface area contributed by atoms with Crippen molar-refractivity contribution in [2.45, 2.75) is 0 Å². The first-order valence-electron chi connectivity index (χ1n) is 9.99. The lowest BCUT2D eigenvalue weighted by atomic mass is 9.97. The average Bonchev–Trinajstić information content (AvgIpc) is 2.78. The molecule has 0 aliphatic rings. The Morgan fingerprint density at radius 2 is 1.56 bits per heavy atom. The topological polar surface area (TPSA) is 63.7 Å². The van der Waals surface area contributed by atoms with Crippen molar-refractivity contribution in [2.24, 2.45) is 0 Å². The summed E-state index contributed by atoms with van der Waals surface area (Å²) in [6.07, 6.45) is 0. The van der Waals surface area contributed by atoms with Gasteiger partial charge in [-0.1, -0.05) is 41.9 Å². The minimum absolute atomic E-state index is 0.300. The van der Waals surface area contributed by atoms with Crippen molar-refractivity contribution < 1.29 is 8.83 Å². The van der Waals surface area contributed by atoms with Gasteiger partial charge in [0.25, 0.3) is 0 Å². The van der Waals surface area contributed by atoms with Crippen molar-refractivity contribution in [1.82, 2.24) is 0 Å². The SMILES string of the molecule is CN(C)c1ccc(-c2cc(=O)oc3c(-c4cc5cc(Cl)ccc5oc4=O)cccc23)cc1. The van der Waals surface area contributed by atoms with Crippen molar-refractivity contribution in [3.63, 3.8) is 0 Å². The van der Waals surface area contributed by atoms with Gasteiger partial charge in [0.05, 0.1) is 5.56 Å². The lowest BCUT2D eigenvalue weighted by molar-refractivity contribution is 0.556. The first kappa shape index (κ1) is 20.1. The van der Waals surface area contributed by atoms with Gasteiger partial charge in [0.15, 0.2) is 0 Å². The van der Waals surface area contributed by atoms with Crippen molar-refractivity contribution in [3.8, 4) is 22.3 Å². The van der Waals surface area contributed by atoms with Crippen molar-refractivity contribution >= 4 is 39.2 Å². The third kappa shape index (κ3) is 3.47. The monoisotopic (exact) mass is 443 g/mol. The van der Waals surface area contributed by atoms with Gasteiger partial charge in [0.1, 0.15) is 11.2 Å². The first-order valence-corrected chi connectivity index (χ1v) is 10.4. The molecule has 2 aromatic heterocycles. The molecule has 3 aromatic carbocycles. The maximum atomic E-state index is 12.8. The van der Waals surface area contributed by atoms with Crippen molar-refractivity contribution in [1.29, 1.82) is 0 Å². The van der Waals surface area contributed by atoms with Gasteiger partial charge >= 0.3 is 11.3 Å². The number of fused-ring (bicyclic) bond motifs is 2. The standard InChI is InChI=1S/C26H18ClNO4/c1-28(2)18-9-6-15(7-10-18)21-14-24(29)32-25-19(21)4-3-5-20(25)22-13-16-12-17(27)8-11-23(16)31-26(22)30/h3-14H,1-2H3. The van der Waals surface area contributed by atoms with Crippen LogP contribution in [0.4, 0.5) is 5.69 Å². The smallest absolute Gasteiger partial charge is 0.344 e. The second kappa shape index (κ2) is 7.70. The number of benzene rings is 3. The van der Waals surface area contributed by atoms with Gasteiger partial charge in [-0.2, -0.15) is 0 Å². The number of hydrogen-bond acceptors (Lipinski definition) is 5. The summed E-state index contributed by atoms with van der Waals surface area (Å²) in [6.45, 7) is 0. The fraction of sp³-hybridized carbons (Fsp3) is 0.0769. The zero-order valence-corrected chi connectivity index (χ0v) is 18.1. The van der Waals surface area contributed by atoms with Crippen LogP contribution in [-0.4, -0.2) is 14.1 Å². The quantitative estimate of drug-likeness (QED) is 0.322. The second-order valence-corrected chi connectivity index (χ2v) is 8.17. The number of nitrogens with zero attached hydrogens (tertiary/aromatic N) is 1. The van der Waals surface area contributed by atoms with Gasteiger partial charge < -0.3 is 13.7 Å². The number of hydrogen-bond donors (Lipinski definition) is 0. The van der Waals surface area contributed by atoms with Crippen molar-refractivity contribution in [2.75, 3.05) is 19.0 Å². The fourth-order valence-corrected chi connectivity index (χ4v) is 4.04. The van der Waals surface area contributed by atoms with Gasteiger partial charge in [-0.25, -0.2) is 9.59 Å². The van der Waals surface area contributed by atoms with Crippen LogP contribution in [0.25, 0.3) is 44.2 Å². The minimum atomic E-state index is -0.518. The summed E-state index contributed by atoms with van der Waals surface area (Å²) < 4.78 is 11.1. The molecule has 32 heavy (non-hydrogen) atoms. The zero-order chi connectivity index (χ0) is 22.4. The van der Waals surface area contributed by atoms with E-state index >= 15 is 0 Å². The third-order valence-corrected chi connectivity index (χ3v) is 5.68.